The smallest absolute Gasteiger partial charge is 0.171 e. The first-order chi connectivity index (χ1) is 11.2. The molecule has 1 aromatic heterocycles. The summed E-state index contributed by atoms with van der Waals surface area (Å²) < 4.78 is 11.0. The number of hydrogen-bond donors (Lipinski definition) is 2. The van der Waals surface area contributed by atoms with E-state index in [2.05, 4.69) is 10.6 Å². The zero-order chi connectivity index (χ0) is 16.2. The third-order valence-electron chi connectivity index (χ3n) is 3.57. The van der Waals surface area contributed by atoms with Crippen molar-refractivity contribution in [3.8, 4) is 5.75 Å². The minimum absolute atomic E-state index is 0.0272. The molecule has 118 valence electrons. The molecule has 0 unspecified atom stereocenters. The number of benzene rings is 2. The molecule has 5 heteroatoms. The van der Waals surface area contributed by atoms with E-state index >= 15 is 0 Å². The van der Waals surface area contributed by atoms with E-state index in [4.69, 9.17) is 21.4 Å². The van der Waals surface area contributed by atoms with Gasteiger partial charge in [-0.2, -0.15) is 0 Å². The maximum Gasteiger partial charge on any atom is 0.171 e. The Kier molecular flexibility index (Phi) is 4.48. The van der Waals surface area contributed by atoms with Crippen molar-refractivity contribution in [2.24, 2.45) is 0 Å². The van der Waals surface area contributed by atoms with Crippen LogP contribution in [0.5, 0.6) is 5.75 Å². The van der Waals surface area contributed by atoms with E-state index in [1.165, 1.54) is 0 Å². The molecule has 23 heavy (non-hydrogen) atoms. The number of fused-ring (bicyclic) bond motifs is 1. The van der Waals surface area contributed by atoms with E-state index in [1.807, 2.05) is 61.5 Å². The predicted molar refractivity (Wildman–Crippen MR) is 97.0 cm³/mol. The SMILES string of the molecule is COc1ccc(NC(=S)N[C@H](C)c2cc3ccccc3o2)cc1. The first-order valence-electron chi connectivity index (χ1n) is 7.36. The van der Waals surface area contributed by atoms with Gasteiger partial charge < -0.3 is 19.8 Å². The quantitative estimate of drug-likeness (QED) is 0.692. The molecule has 0 fully saturated rings. The van der Waals surface area contributed by atoms with Gasteiger partial charge in [-0.1, -0.05) is 18.2 Å². The fourth-order valence-electron chi connectivity index (χ4n) is 2.33. The summed E-state index contributed by atoms with van der Waals surface area (Å²) in [7, 11) is 1.64. The van der Waals surface area contributed by atoms with Crippen LogP contribution in [0, 0.1) is 0 Å². The van der Waals surface area contributed by atoms with E-state index in [0.29, 0.717) is 5.11 Å². The van der Waals surface area contributed by atoms with Crippen LogP contribution in [-0.2, 0) is 0 Å². The van der Waals surface area contributed by atoms with Crippen molar-refractivity contribution in [1.82, 2.24) is 5.32 Å². The topological polar surface area (TPSA) is 46.4 Å². The summed E-state index contributed by atoms with van der Waals surface area (Å²) in [5, 5.41) is 8.01. The summed E-state index contributed by atoms with van der Waals surface area (Å²) in [4.78, 5) is 0. The zero-order valence-corrected chi connectivity index (χ0v) is 13.8. The summed E-state index contributed by atoms with van der Waals surface area (Å²) in [5.74, 6) is 1.66. The Morgan fingerprint density at radius 1 is 1.13 bits per heavy atom. The van der Waals surface area contributed by atoms with Crippen LogP contribution in [0.3, 0.4) is 0 Å². The van der Waals surface area contributed by atoms with Crippen molar-refractivity contribution in [3.63, 3.8) is 0 Å². The second kappa shape index (κ2) is 6.71. The maximum absolute atomic E-state index is 5.84. The molecular formula is C18H18N2O2S. The number of furan rings is 1. The summed E-state index contributed by atoms with van der Waals surface area (Å²) in [5.41, 5.74) is 1.78. The highest BCUT2D eigenvalue weighted by molar-refractivity contribution is 7.80. The van der Waals surface area contributed by atoms with E-state index in [0.717, 1.165) is 28.2 Å². The summed E-state index contributed by atoms with van der Waals surface area (Å²) >= 11 is 5.36. The Morgan fingerprint density at radius 3 is 2.57 bits per heavy atom. The molecule has 2 N–H and O–H groups in total. The van der Waals surface area contributed by atoms with Crippen molar-refractivity contribution in [1.29, 1.82) is 0 Å². The Balaban J connectivity index is 1.64. The minimum Gasteiger partial charge on any atom is -0.497 e. The van der Waals surface area contributed by atoms with Crippen LogP contribution in [0.25, 0.3) is 11.0 Å². The monoisotopic (exact) mass is 326 g/mol. The van der Waals surface area contributed by atoms with Crippen molar-refractivity contribution in [3.05, 3.63) is 60.4 Å². The van der Waals surface area contributed by atoms with Gasteiger partial charge in [-0.3, -0.25) is 0 Å². The van der Waals surface area contributed by atoms with E-state index in [-0.39, 0.29) is 6.04 Å². The molecule has 0 saturated carbocycles. The standard InChI is InChI=1S/C18H18N2O2S/c1-12(17-11-13-5-3-4-6-16(13)22-17)19-18(23)20-14-7-9-15(21-2)10-8-14/h3-12H,1-2H3,(H2,19,20,23)/t12-/m1/s1. The maximum atomic E-state index is 5.84. The van der Waals surface area contributed by atoms with Crippen LogP contribution in [0.2, 0.25) is 0 Å². The van der Waals surface area contributed by atoms with Gasteiger partial charge in [0.05, 0.1) is 13.2 Å². The van der Waals surface area contributed by atoms with Gasteiger partial charge in [0.15, 0.2) is 5.11 Å². The molecule has 2 aromatic carbocycles. The molecule has 0 aliphatic rings. The number of ether oxygens (including phenoxy) is 1. The molecule has 3 aromatic rings. The largest absolute Gasteiger partial charge is 0.497 e. The van der Waals surface area contributed by atoms with Gasteiger partial charge in [-0.05, 0) is 55.5 Å². The second-order valence-corrected chi connectivity index (χ2v) is 5.64. The average molecular weight is 326 g/mol. The molecule has 0 aliphatic heterocycles. The molecule has 0 bridgehead atoms. The Morgan fingerprint density at radius 2 is 1.87 bits per heavy atom. The van der Waals surface area contributed by atoms with Gasteiger partial charge in [0.2, 0.25) is 0 Å². The third kappa shape index (κ3) is 3.63. The molecular weight excluding hydrogens is 308 g/mol. The number of para-hydroxylation sites is 1. The van der Waals surface area contributed by atoms with Crippen molar-refractivity contribution >= 4 is 34.0 Å². The van der Waals surface area contributed by atoms with Crippen molar-refractivity contribution in [2.75, 3.05) is 12.4 Å². The zero-order valence-electron chi connectivity index (χ0n) is 13.0. The van der Waals surface area contributed by atoms with Gasteiger partial charge in [0, 0.05) is 11.1 Å². The number of nitrogens with one attached hydrogen (secondary N) is 2. The first-order valence-corrected chi connectivity index (χ1v) is 7.76. The van der Waals surface area contributed by atoms with E-state index < -0.39 is 0 Å². The molecule has 3 rings (SSSR count). The summed E-state index contributed by atoms with van der Waals surface area (Å²) in [6.45, 7) is 2.01. The lowest BCUT2D eigenvalue weighted by molar-refractivity contribution is 0.415. The van der Waals surface area contributed by atoms with Crippen LogP contribution in [-0.4, -0.2) is 12.2 Å². The highest BCUT2D eigenvalue weighted by Gasteiger charge is 2.12. The molecule has 1 atom stereocenters. The molecule has 0 saturated heterocycles. The Labute approximate surface area is 140 Å². The first kappa shape index (κ1) is 15.4. The Bertz CT molecular complexity index is 778. The average Bonchev–Trinajstić information content (AvgIpc) is 2.99. The molecule has 0 spiro atoms. The molecule has 1 heterocycles. The van der Waals surface area contributed by atoms with Crippen molar-refractivity contribution in [2.45, 2.75) is 13.0 Å². The van der Waals surface area contributed by atoms with Gasteiger partial charge in [0.1, 0.15) is 17.1 Å². The Hall–Kier alpha value is -2.53. The lowest BCUT2D eigenvalue weighted by Gasteiger charge is -2.15. The van der Waals surface area contributed by atoms with Gasteiger partial charge in [0.25, 0.3) is 0 Å². The predicted octanol–water partition coefficient (Wildman–Crippen LogP) is 4.49. The molecule has 0 radical (unpaired) electrons. The second-order valence-electron chi connectivity index (χ2n) is 5.24. The van der Waals surface area contributed by atoms with Crippen LogP contribution in [0.15, 0.2) is 59.0 Å². The fourth-order valence-corrected chi connectivity index (χ4v) is 2.62. The van der Waals surface area contributed by atoms with Crippen molar-refractivity contribution < 1.29 is 9.15 Å². The molecule has 0 amide bonds. The lowest BCUT2D eigenvalue weighted by Crippen LogP contribution is -2.30. The van der Waals surface area contributed by atoms with E-state index in [1.54, 1.807) is 7.11 Å². The lowest BCUT2D eigenvalue weighted by atomic mass is 10.2. The number of rotatable bonds is 4. The summed E-state index contributed by atoms with van der Waals surface area (Å²) in [6.07, 6.45) is 0. The number of methoxy groups -OCH3 is 1. The number of hydrogen-bond acceptors (Lipinski definition) is 3. The van der Waals surface area contributed by atoms with Crippen LogP contribution >= 0.6 is 12.2 Å². The minimum atomic E-state index is -0.0272. The van der Waals surface area contributed by atoms with Crippen LogP contribution in [0.4, 0.5) is 5.69 Å². The number of thiocarbonyl (C=S) groups is 1. The van der Waals surface area contributed by atoms with E-state index in [9.17, 15) is 0 Å². The van der Waals surface area contributed by atoms with Crippen LogP contribution in [0.1, 0.15) is 18.7 Å². The summed E-state index contributed by atoms with van der Waals surface area (Å²) in [6, 6.07) is 17.5. The number of anilines is 1. The van der Waals surface area contributed by atoms with Gasteiger partial charge in [-0.25, -0.2) is 0 Å². The van der Waals surface area contributed by atoms with Gasteiger partial charge >= 0.3 is 0 Å². The van der Waals surface area contributed by atoms with Crippen LogP contribution < -0.4 is 15.4 Å². The highest BCUT2D eigenvalue weighted by atomic mass is 32.1. The normalized spacial score (nSPS) is 11.9. The third-order valence-corrected chi connectivity index (χ3v) is 3.79. The fraction of sp³-hybridized carbons (Fsp3) is 0.167. The molecule has 4 nitrogen and oxygen atoms in total. The van der Waals surface area contributed by atoms with Gasteiger partial charge in [-0.15, -0.1) is 0 Å². The highest BCUT2D eigenvalue weighted by Crippen LogP contribution is 2.23. The molecule has 0 aliphatic carbocycles.